The molecule has 1 amide bonds. The van der Waals surface area contributed by atoms with Gasteiger partial charge in [0.25, 0.3) is 11.6 Å². The first-order chi connectivity index (χ1) is 7.93. The zero-order chi connectivity index (χ0) is 13.0. The van der Waals surface area contributed by atoms with Crippen LogP contribution in [0.3, 0.4) is 0 Å². The molecule has 0 saturated carbocycles. The van der Waals surface area contributed by atoms with E-state index in [0.29, 0.717) is 5.56 Å². The van der Waals surface area contributed by atoms with Crippen molar-refractivity contribution in [1.82, 2.24) is 5.32 Å². The Morgan fingerprint density at radius 2 is 2.18 bits per heavy atom. The molecule has 0 aromatic heterocycles. The van der Waals surface area contributed by atoms with Crippen LogP contribution in [0, 0.1) is 17.0 Å². The van der Waals surface area contributed by atoms with Crippen LogP contribution in [0.1, 0.15) is 22.8 Å². The second kappa shape index (κ2) is 5.40. The molecule has 0 bridgehead atoms. The van der Waals surface area contributed by atoms with Gasteiger partial charge in [-0.25, -0.2) is 0 Å². The molecule has 92 valence electrons. The molecular formula is C11H14N2O4. The lowest BCUT2D eigenvalue weighted by atomic mass is 10.1. The van der Waals surface area contributed by atoms with Gasteiger partial charge in [-0.1, -0.05) is 0 Å². The van der Waals surface area contributed by atoms with Crippen LogP contribution in [0.5, 0.6) is 0 Å². The topological polar surface area (TPSA) is 92.5 Å². The number of nitro benzene ring substituents is 1. The van der Waals surface area contributed by atoms with Crippen molar-refractivity contribution < 1.29 is 14.8 Å². The van der Waals surface area contributed by atoms with Gasteiger partial charge in [0.05, 0.1) is 11.5 Å². The van der Waals surface area contributed by atoms with Crippen LogP contribution in [0.4, 0.5) is 5.69 Å². The number of aliphatic hydroxyl groups excluding tert-OH is 1. The van der Waals surface area contributed by atoms with Gasteiger partial charge in [0.15, 0.2) is 0 Å². The number of carbonyl (C=O) groups excluding carboxylic acids is 1. The van der Waals surface area contributed by atoms with Crippen molar-refractivity contribution in [2.45, 2.75) is 19.9 Å². The van der Waals surface area contributed by atoms with Gasteiger partial charge in [0.2, 0.25) is 0 Å². The molecule has 1 atom stereocenters. The number of hydrogen-bond donors (Lipinski definition) is 2. The molecule has 0 aliphatic carbocycles. The Balaban J connectivity index is 2.97. The lowest BCUT2D eigenvalue weighted by molar-refractivity contribution is -0.384. The standard InChI is InChI=1S/C11H14N2O4/c1-7-3-9(5-10(4-7)13(16)17)11(15)12-8(2)6-14/h3-5,8,14H,6H2,1-2H3,(H,12,15). The maximum absolute atomic E-state index is 11.7. The smallest absolute Gasteiger partial charge is 0.270 e. The van der Waals surface area contributed by atoms with Crippen molar-refractivity contribution >= 4 is 11.6 Å². The minimum Gasteiger partial charge on any atom is -0.394 e. The van der Waals surface area contributed by atoms with Crippen molar-refractivity contribution in [2.24, 2.45) is 0 Å². The van der Waals surface area contributed by atoms with E-state index < -0.39 is 10.8 Å². The molecule has 17 heavy (non-hydrogen) atoms. The lowest BCUT2D eigenvalue weighted by Crippen LogP contribution is -2.35. The Kier molecular flexibility index (Phi) is 4.17. The molecule has 2 N–H and O–H groups in total. The second-order valence-electron chi connectivity index (χ2n) is 3.87. The summed E-state index contributed by atoms with van der Waals surface area (Å²) in [5, 5.41) is 22.0. The van der Waals surface area contributed by atoms with E-state index in [0.717, 1.165) is 0 Å². The largest absolute Gasteiger partial charge is 0.394 e. The molecule has 0 spiro atoms. The minimum atomic E-state index is -0.542. The van der Waals surface area contributed by atoms with Crippen molar-refractivity contribution in [3.05, 3.63) is 39.4 Å². The van der Waals surface area contributed by atoms with Crippen LogP contribution in [-0.2, 0) is 0 Å². The van der Waals surface area contributed by atoms with E-state index in [1.807, 2.05) is 0 Å². The monoisotopic (exact) mass is 238 g/mol. The third kappa shape index (κ3) is 3.53. The number of nitrogens with zero attached hydrogens (tertiary/aromatic N) is 1. The minimum absolute atomic E-state index is 0.119. The first-order valence-electron chi connectivity index (χ1n) is 5.12. The average molecular weight is 238 g/mol. The molecule has 6 nitrogen and oxygen atoms in total. The summed E-state index contributed by atoms with van der Waals surface area (Å²) in [5.74, 6) is -0.432. The Bertz CT molecular complexity index is 445. The first kappa shape index (κ1) is 13.1. The van der Waals surface area contributed by atoms with Crippen molar-refractivity contribution in [1.29, 1.82) is 0 Å². The zero-order valence-electron chi connectivity index (χ0n) is 9.64. The molecule has 0 fully saturated rings. The third-order valence-electron chi connectivity index (χ3n) is 2.19. The Morgan fingerprint density at radius 3 is 2.71 bits per heavy atom. The number of carbonyl (C=O) groups is 1. The van der Waals surface area contributed by atoms with Gasteiger partial charge >= 0.3 is 0 Å². The van der Waals surface area contributed by atoms with E-state index in [1.54, 1.807) is 19.9 Å². The SMILES string of the molecule is Cc1cc(C(=O)NC(C)CO)cc([N+](=O)[O-])c1. The molecule has 0 aliphatic heterocycles. The maximum Gasteiger partial charge on any atom is 0.270 e. The molecule has 1 rings (SSSR count). The van der Waals surface area contributed by atoms with E-state index in [1.165, 1.54) is 12.1 Å². The summed E-state index contributed by atoms with van der Waals surface area (Å²) in [5.41, 5.74) is 0.741. The van der Waals surface area contributed by atoms with Gasteiger partial charge < -0.3 is 10.4 Å². The molecule has 0 saturated heterocycles. The van der Waals surface area contributed by atoms with Gasteiger partial charge in [-0.05, 0) is 25.5 Å². The summed E-state index contributed by atoms with van der Waals surface area (Å²) in [4.78, 5) is 21.8. The van der Waals surface area contributed by atoms with Gasteiger partial charge in [-0.2, -0.15) is 0 Å². The summed E-state index contributed by atoms with van der Waals surface area (Å²) in [6.45, 7) is 3.14. The molecular weight excluding hydrogens is 224 g/mol. The molecule has 0 aliphatic rings. The summed E-state index contributed by atoms with van der Waals surface area (Å²) in [6, 6.07) is 3.78. The van der Waals surface area contributed by atoms with E-state index >= 15 is 0 Å². The molecule has 1 aromatic rings. The zero-order valence-corrected chi connectivity index (χ0v) is 9.64. The summed E-state index contributed by atoms with van der Waals surface area (Å²) < 4.78 is 0. The number of nitrogens with one attached hydrogen (secondary N) is 1. The number of aliphatic hydroxyl groups is 1. The predicted octanol–water partition coefficient (Wildman–Crippen LogP) is 1.01. The highest BCUT2D eigenvalue weighted by molar-refractivity contribution is 5.95. The van der Waals surface area contributed by atoms with Crippen LogP contribution >= 0.6 is 0 Å². The number of hydrogen-bond acceptors (Lipinski definition) is 4. The van der Waals surface area contributed by atoms with Crippen LogP contribution in [0.25, 0.3) is 0 Å². The lowest BCUT2D eigenvalue weighted by Gasteiger charge is -2.10. The van der Waals surface area contributed by atoms with Gasteiger partial charge in [-0.3, -0.25) is 14.9 Å². The van der Waals surface area contributed by atoms with Gasteiger partial charge in [-0.15, -0.1) is 0 Å². The predicted molar refractivity (Wildman–Crippen MR) is 61.8 cm³/mol. The van der Waals surface area contributed by atoms with E-state index in [2.05, 4.69) is 5.32 Å². The first-order valence-corrected chi connectivity index (χ1v) is 5.12. The van der Waals surface area contributed by atoms with Crippen molar-refractivity contribution in [3.8, 4) is 0 Å². The number of rotatable bonds is 4. The fourth-order valence-electron chi connectivity index (χ4n) is 1.35. The molecule has 6 heteroatoms. The quantitative estimate of drug-likeness (QED) is 0.605. The Hall–Kier alpha value is -1.95. The van der Waals surface area contributed by atoms with Crippen LogP contribution in [-0.4, -0.2) is 28.6 Å². The Morgan fingerprint density at radius 1 is 1.53 bits per heavy atom. The van der Waals surface area contributed by atoms with E-state index in [4.69, 9.17) is 5.11 Å². The van der Waals surface area contributed by atoms with Gasteiger partial charge in [0.1, 0.15) is 0 Å². The van der Waals surface area contributed by atoms with Crippen LogP contribution in [0.2, 0.25) is 0 Å². The maximum atomic E-state index is 11.7. The van der Waals surface area contributed by atoms with E-state index in [9.17, 15) is 14.9 Å². The second-order valence-corrected chi connectivity index (χ2v) is 3.87. The fraction of sp³-hybridized carbons (Fsp3) is 0.364. The van der Waals surface area contributed by atoms with Gasteiger partial charge in [0, 0.05) is 23.7 Å². The fourth-order valence-corrected chi connectivity index (χ4v) is 1.35. The van der Waals surface area contributed by atoms with Crippen molar-refractivity contribution in [3.63, 3.8) is 0 Å². The average Bonchev–Trinajstić information content (AvgIpc) is 2.27. The summed E-state index contributed by atoms with van der Waals surface area (Å²) >= 11 is 0. The highest BCUT2D eigenvalue weighted by Crippen LogP contribution is 2.16. The summed E-state index contributed by atoms with van der Waals surface area (Å²) in [7, 11) is 0. The third-order valence-corrected chi connectivity index (χ3v) is 2.19. The van der Waals surface area contributed by atoms with E-state index in [-0.39, 0.29) is 23.9 Å². The molecule has 1 aromatic carbocycles. The summed E-state index contributed by atoms with van der Waals surface area (Å²) in [6.07, 6.45) is 0. The molecule has 1 unspecified atom stereocenters. The van der Waals surface area contributed by atoms with Crippen LogP contribution < -0.4 is 5.32 Å². The number of nitro groups is 1. The molecule has 0 heterocycles. The number of amides is 1. The highest BCUT2D eigenvalue weighted by atomic mass is 16.6. The highest BCUT2D eigenvalue weighted by Gasteiger charge is 2.14. The number of aryl methyl sites for hydroxylation is 1. The Labute approximate surface area is 98.4 Å². The normalized spacial score (nSPS) is 11.9. The molecule has 0 radical (unpaired) electrons. The number of non-ortho nitro benzene ring substituents is 1. The number of benzene rings is 1. The van der Waals surface area contributed by atoms with Crippen molar-refractivity contribution in [2.75, 3.05) is 6.61 Å². The van der Waals surface area contributed by atoms with Crippen LogP contribution in [0.15, 0.2) is 18.2 Å².